The molecular weight excluding hydrogens is 722 g/mol. The predicted octanol–water partition coefficient (Wildman–Crippen LogP) is 0.919. The Hall–Kier alpha value is -2.98. The molecule has 272 valence electrons. The topological polar surface area (TPSA) is 281 Å². The number of H-pyrrole nitrogens is 1. The summed E-state index contributed by atoms with van der Waals surface area (Å²) in [5.74, 6) is -0.0132. The summed E-state index contributed by atoms with van der Waals surface area (Å²) in [6.45, 7) is -1.58. The van der Waals surface area contributed by atoms with Crippen LogP contribution >= 0.6 is 14.5 Å². The van der Waals surface area contributed by atoms with Gasteiger partial charge in [0.1, 0.15) is 35.8 Å². The lowest BCUT2D eigenvalue weighted by Crippen LogP contribution is -2.47. The number of ether oxygens (including phenoxy) is 2. The van der Waals surface area contributed by atoms with E-state index < -0.39 is 61.7 Å². The molecule has 9 atom stereocenters. The van der Waals surface area contributed by atoms with Crippen molar-refractivity contribution in [1.82, 2.24) is 39.0 Å². The highest BCUT2D eigenvalue weighted by Crippen LogP contribution is 2.60. The number of hydrogen-bond acceptors (Lipinski definition) is 18. The van der Waals surface area contributed by atoms with E-state index >= 15 is 0 Å². The van der Waals surface area contributed by atoms with Crippen LogP contribution in [0.2, 0.25) is 0 Å². The monoisotopic (exact) mass is 758 g/mol. The summed E-state index contributed by atoms with van der Waals surface area (Å²) < 4.78 is 59.5. The Morgan fingerprint density at radius 3 is 2.62 bits per heavy atom. The number of nitrogens with one attached hydrogen (secondary N) is 1. The molecule has 0 bridgehead atoms. The minimum absolute atomic E-state index is 0.0267. The van der Waals surface area contributed by atoms with Gasteiger partial charge in [-0.1, -0.05) is 6.92 Å². The van der Waals surface area contributed by atoms with Crippen LogP contribution in [0.1, 0.15) is 39.0 Å². The van der Waals surface area contributed by atoms with Gasteiger partial charge in [0.15, 0.2) is 28.9 Å². The fourth-order valence-electron chi connectivity index (χ4n) is 6.82. The SMILES string of the molecule is CCO[P@]1(=O)OC[C@@]2(C)C[C@@H](n3cnc4c(N)ncnc43)[C@H](O)[C@@H]2OP(O)(=S)OCCC2(OC)CO[C@@H](n3cnc4c(=O)[nH]c(N)nc43)[C@@H]2O1. The molecule has 4 aromatic rings. The Kier molecular flexibility index (Phi) is 9.14. The van der Waals surface area contributed by atoms with Crippen LogP contribution in [-0.4, -0.2) is 106 Å². The van der Waals surface area contributed by atoms with Gasteiger partial charge in [-0.15, -0.1) is 0 Å². The molecule has 4 aromatic heterocycles. The van der Waals surface area contributed by atoms with Gasteiger partial charge in [-0.05, 0) is 25.2 Å². The van der Waals surface area contributed by atoms with Crippen molar-refractivity contribution in [2.24, 2.45) is 5.41 Å². The number of rotatable bonds is 5. The highest BCUT2D eigenvalue weighted by molar-refractivity contribution is 8.07. The zero-order valence-electron chi connectivity index (χ0n) is 27.0. The standard InChI is InChI=1S/C26H36N10O11P2S/c1-4-43-48(39)45-8-25(2)7-13(35-11-31-14-19(27)29-10-30-20(14)35)16(37)17(25)47-49(40,50)44-6-5-26(41-3)9-42-23(18(26)46-48)36-12-32-15-21(36)33-24(28)34-22(15)38/h10-13,16-18,23,37H,4-9H2,1-3H3,(H,40,50)(H2,27,29,30)(H3,28,33,34,38)/t13-,16+,17+,18+,23-,25-,26?,48-,49?/m1/s1. The third kappa shape index (κ3) is 6.06. The number of fused-ring (bicyclic) bond motifs is 4. The van der Waals surface area contributed by atoms with Crippen molar-refractivity contribution in [3.05, 3.63) is 29.3 Å². The first-order chi connectivity index (χ1) is 23.7. The lowest BCUT2D eigenvalue weighted by molar-refractivity contribution is -0.0965. The van der Waals surface area contributed by atoms with Crippen LogP contribution < -0.4 is 17.0 Å². The quantitative estimate of drug-likeness (QED) is 0.177. The zero-order chi connectivity index (χ0) is 35.6. The summed E-state index contributed by atoms with van der Waals surface area (Å²) in [6.07, 6.45) is -0.768. The first-order valence-corrected chi connectivity index (χ1v) is 19.5. The first kappa shape index (κ1) is 35.4. The molecule has 0 aromatic carbocycles. The normalized spacial score (nSPS) is 36.9. The van der Waals surface area contributed by atoms with Crippen molar-refractivity contribution < 1.29 is 46.7 Å². The molecule has 3 aliphatic rings. The molecule has 0 radical (unpaired) electrons. The van der Waals surface area contributed by atoms with Crippen molar-refractivity contribution in [3.63, 3.8) is 0 Å². The van der Waals surface area contributed by atoms with Crippen molar-refractivity contribution >= 4 is 60.4 Å². The van der Waals surface area contributed by atoms with Crippen LogP contribution in [0.25, 0.3) is 22.3 Å². The minimum Gasteiger partial charge on any atom is -0.388 e. The third-order valence-corrected chi connectivity index (χ3v) is 12.4. The second-order valence-corrected chi connectivity index (χ2v) is 16.9. The number of aromatic amines is 1. The molecule has 0 spiro atoms. The van der Waals surface area contributed by atoms with Crippen LogP contribution in [0.3, 0.4) is 0 Å². The summed E-state index contributed by atoms with van der Waals surface area (Å²) in [5.41, 5.74) is 9.39. The maximum Gasteiger partial charge on any atom is 0.475 e. The van der Waals surface area contributed by atoms with Gasteiger partial charge >= 0.3 is 14.5 Å². The van der Waals surface area contributed by atoms with E-state index in [0.717, 1.165) is 0 Å². The second kappa shape index (κ2) is 12.9. The summed E-state index contributed by atoms with van der Waals surface area (Å²) in [5, 5.41) is 11.7. The third-order valence-electron chi connectivity index (χ3n) is 9.33. The number of aliphatic hydroxyl groups is 1. The van der Waals surface area contributed by atoms with Gasteiger partial charge in [0.25, 0.3) is 5.56 Å². The number of aromatic nitrogens is 8. The molecule has 1 saturated carbocycles. The highest BCUT2D eigenvalue weighted by Gasteiger charge is 2.59. The van der Waals surface area contributed by atoms with Crippen LogP contribution in [0.15, 0.2) is 23.8 Å². The molecule has 1 aliphatic carbocycles. The number of methoxy groups -OCH3 is 1. The lowest BCUT2D eigenvalue weighted by Gasteiger charge is -2.36. The first-order valence-electron chi connectivity index (χ1n) is 15.5. The Balaban J connectivity index is 1.28. The van der Waals surface area contributed by atoms with Gasteiger partial charge in [0.05, 0.1) is 45.1 Å². The Morgan fingerprint density at radius 1 is 1.10 bits per heavy atom. The number of phosphoric acid groups is 1. The van der Waals surface area contributed by atoms with E-state index in [-0.39, 0.29) is 62.2 Å². The molecule has 2 unspecified atom stereocenters. The van der Waals surface area contributed by atoms with E-state index in [0.29, 0.717) is 11.2 Å². The summed E-state index contributed by atoms with van der Waals surface area (Å²) in [6, 6.07) is -0.741. The second-order valence-electron chi connectivity index (χ2n) is 12.5. The number of nitrogens with two attached hydrogens (primary N) is 2. The fourth-order valence-corrected chi connectivity index (χ4v) is 9.91. The van der Waals surface area contributed by atoms with Crippen molar-refractivity contribution in [3.8, 4) is 0 Å². The number of imidazole rings is 2. The molecule has 2 saturated heterocycles. The lowest BCUT2D eigenvalue weighted by atomic mass is 9.87. The molecule has 0 amide bonds. The van der Waals surface area contributed by atoms with E-state index in [1.54, 1.807) is 18.4 Å². The maximum atomic E-state index is 14.6. The van der Waals surface area contributed by atoms with Crippen molar-refractivity contribution in [2.75, 3.05) is 45.0 Å². The van der Waals surface area contributed by atoms with E-state index in [1.807, 2.05) is 0 Å². The number of phosphoric ester groups is 1. The molecule has 3 fully saturated rings. The van der Waals surface area contributed by atoms with Gasteiger partial charge in [-0.2, -0.15) is 4.98 Å². The van der Waals surface area contributed by atoms with Gasteiger partial charge in [-0.25, -0.2) is 24.5 Å². The Morgan fingerprint density at radius 2 is 1.86 bits per heavy atom. The summed E-state index contributed by atoms with van der Waals surface area (Å²) in [4.78, 5) is 47.2. The average molecular weight is 759 g/mol. The van der Waals surface area contributed by atoms with E-state index in [2.05, 4.69) is 29.9 Å². The average Bonchev–Trinajstić information content (AvgIpc) is 3.82. The van der Waals surface area contributed by atoms with E-state index in [9.17, 15) is 19.4 Å². The van der Waals surface area contributed by atoms with E-state index in [1.165, 1.54) is 30.7 Å². The molecule has 21 nitrogen and oxygen atoms in total. The van der Waals surface area contributed by atoms with Gasteiger partial charge < -0.3 is 44.6 Å². The number of nitrogens with zero attached hydrogens (tertiary/aromatic N) is 7. The Labute approximate surface area is 288 Å². The van der Waals surface area contributed by atoms with Crippen LogP contribution in [0, 0.1) is 5.41 Å². The summed E-state index contributed by atoms with van der Waals surface area (Å²) in [7, 11) is -3.12. The van der Waals surface area contributed by atoms with Crippen molar-refractivity contribution in [1.29, 1.82) is 0 Å². The predicted molar refractivity (Wildman–Crippen MR) is 177 cm³/mol. The molecule has 50 heavy (non-hydrogen) atoms. The molecule has 7 N–H and O–H groups in total. The Bertz CT molecular complexity index is 2080. The maximum absolute atomic E-state index is 14.6. The molecule has 2 aliphatic heterocycles. The minimum atomic E-state index is -4.51. The fraction of sp³-hybridized carbons (Fsp3) is 0.615. The van der Waals surface area contributed by atoms with Crippen molar-refractivity contribution in [2.45, 2.75) is 62.9 Å². The van der Waals surface area contributed by atoms with Crippen LogP contribution in [0.4, 0.5) is 11.8 Å². The number of nitrogen functional groups attached to an aromatic ring is 2. The zero-order valence-corrected chi connectivity index (χ0v) is 29.6. The number of anilines is 2. The molecule has 6 heterocycles. The van der Waals surface area contributed by atoms with Gasteiger partial charge in [0.2, 0.25) is 5.95 Å². The number of aliphatic hydroxyl groups excluding tert-OH is 1. The largest absolute Gasteiger partial charge is 0.475 e. The van der Waals surface area contributed by atoms with Crippen LogP contribution in [0.5, 0.6) is 0 Å². The molecule has 7 rings (SSSR count). The number of hydrogen-bond donors (Lipinski definition) is 5. The summed E-state index contributed by atoms with van der Waals surface area (Å²) >= 11 is 5.43. The highest BCUT2D eigenvalue weighted by atomic mass is 32.5. The van der Waals surface area contributed by atoms with Gasteiger partial charge in [-0.3, -0.25) is 27.9 Å². The molecular formula is C26H36N10O11P2S. The van der Waals surface area contributed by atoms with Crippen LogP contribution in [-0.2, 0) is 48.5 Å². The molecule has 24 heteroatoms. The smallest absolute Gasteiger partial charge is 0.388 e. The van der Waals surface area contributed by atoms with E-state index in [4.69, 9.17) is 55.4 Å². The van der Waals surface area contributed by atoms with Gasteiger partial charge in [0, 0.05) is 18.9 Å².